The zero-order chi connectivity index (χ0) is 17.7. The van der Waals surface area contributed by atoms with Crippen LogP contribution >= 0.6 is 23.2 Å². The van der Waals surface area contributed by atoms with Gasteiger partial charge in [0.2, 0.25) is 0 Å². The molecule has 2 rings (SSSR count). The van der Waals surface area contributed by atoms with Crippen molar-refractivity contribution in [2.24, 2.45) is 0 Å². The average Bonchev–Trinajstić information content (AvgIpc) is 2.54. The summed E-state index contributed by atoms with van der Waals surface area (Å²) in [6.45, 7) is 1.89. The van der Waals surface area contributed by atoms with Gasteiger partial charge in [0.1, 0.15) is 17.4 Å². The first kappa shape index (κ1) is 17.9. The third kappa shape index (κ3) is 4.29. The zero-order valence-electron chi connectivity index (χ0n) is 13.1. The molecular formula is C18H14Cl2N2O2. The molecule has 0 atom stereocenters. The monoisotopic (exact) mass is 360 g/mol. The summed E-state index contributed by atoms with van der Waals surface area (Å²) in [6.07, 6.45) is 1.41. The standard InChI is InChI=1S/C18H14Cl2N2O2/c1-11-3-6-17(24-2)16(7-11)22-18(23)13(10-21)8-12-4-5-14(19)9-15(12)20/h3-9H,1-2H3,(H,22,23)/b13-8+. The van der Waals surface area contributed by atoms with Crippen LogP contribution in [0.4, 0.5) is 5.69 Å². The number of halogens is 2. The fourth-order valence-corrected chi connectivity index (χ4v) is 2.49. The molecule has 122 valence electrons. The van der Waals surface area contributed by atoms with E-state index in [0.29, 0.717) is 27.0 Å². The van der Waals surface area contributed by atoms with Gasteiger partial charge in [0.15, 0.2) is 0 Å². The summed E-state index contributed by atoms with van der Waals surface area (Å²) in [5.41, 5.74) is 1.90. The Morgan fingerprint density at radius 2 is 2.00 bits per heavy atom. The number of nitrogens with one attached hydrogen (secondary N) is 1. The maximum Gasteiger partial charge on any atom is 0.266 e. The first-order chi connectivity index (χ1) is 11.4. The van der Waals surface area contributed by atoms with E-state index in [9.17, 15) is 10.1 Å². The highest BCUT2D eigenvalue weighted by atomic mass is 35.5. The van der Waals surface area contributed by atoms with Gasteiger partial charge in [0.05, 0.1) is 12.8 Å². The van der Waals surface area contributed by atoms with E-state index in [2.05, 4.69) is 5.32 Å². The van der Waals surface area contributed by atoms with Crippen molar-refractivity contribution in [3.63, 3.8) is 0 Å². The molecule has 0 heterocycles. The van der Waals surface area contributed by atoms with Crippen LogP contribution in [-0.4, -0.2) is 13.0 Å². The highest BCUT2D eigenvalue weighted by molar-refractivity contribution is 6.35. The normalized spacial score (nSPS) is 10.9. The number of anilines is 1. The fourth-order valence-electron chi connectivity index (χ4n) is 2.03. The minimum atomic E-state index is -0.549. The van der Waals surface area contributed by atoms with Gasteiger partial charge in [-0.25, -0.2) is 0 Å². The summed E-state index contributed by atoms with van der Waals surface area (Å²) in [6, 6.07) is 12.1. The SMILES string of the molecule is COc1ccc(C)cc1NC(=O)/C(C#N)=C/c1ccc(Cl)cc1Cl. The number of ether oxygens (including phenoxy) is 1. The van der Waals surface area contributed by atoms with E-state index >= 15 is 0 Å². The molecule has 0 saturated carbocycles. The minimum Gasteiger partial charge on any atom is -0.495 e. The first-order valence-electron chi connectivity index (χ1n) is 6.97. The van der Waals surface area contributed by atoms with Crippen LogP contribution in [0.1, 0.15) is 11.1 Å². The Kier molecular flexibility index (Phi) is 5.86. The molecule has 0 spiro atoms. The van der Waals surface area contributed by atoms with Crippen LogP contribution in [0.15, 0.2) is 42.0 Å². The van der Waals surface area contributed by atoms with Crippen LogP contribution in [0.25, 0.3) is 6.08 Å². The van der Waals surface area contributed by atoms with E-state index in [0.717, 1.165) is 5.56 Å². The van der Waals surface area contributed by atoms with Crippen molar-refractivity contribution < 1.29 is 9.53 Å². The maximum absolute atomic E-state index is 12.4. The molecule has 4 nitrogen and oxygen atoms in total. The molecule has 0 unspecified atom stereocenters. The van der Waals surface area contributed by atoms with Gasteiger partial charge in [0, 0.05) is 10.0 Å². The number of benzene rings is 2. The number of nitriles is 1. The van der Waals surface area contributed by atoms with Gasteiger partial charge in [-0.05, 0) is 48.4 Å². The van der Waals surface area contributed by atoms with Crippen molar-refractivity contribution in [2.45, 2.75) is 6.92 Å². The lowest BCUT2D eigenvalue weighted by atomic mass is 10.1. The Balaban J connectivity index is 2.31. The van der Waals surface area contributed by atoms with Crippen LogP contribution in [-0.2, 0) is 4.79 Å². The van der Waals surface area contributed by atoms with Gasteiger partial charge in [-0.15, -0.1) is 0 Å². The number of hydrogen-bond donors (Lipinski definition) is 1. The number of hydrogen-bond acceptors (Lipinski definition) is 3. The van der Waals surface area contributed by atoms with E-state index < -0.39 is 5.91 Å². The van der Waals surface area contributed by atoms with E-state index in [-0.39, 0.29) is 5.57 Å². The number of rotatable bonds is 4. The van der Waals surface area contributed by atoms with Gasteiger partial charge in [0.25, 0.3) is 5.91 Å². The number of amides is 1. The van der Waals surface area contributed by atoms with Gasteiger partial charge < -0.3 is 10.1 Å². The number of carbonyl (C=O) groups excluding carboxylic acids is 1. The van der Waals surface area contributed by atoms with Crippen molar-refractivity contribution in [1.29, 1.82) is 5.26 Å². The first-order valence-corrected chi connectivity index (χ1v) is 7.73. The molecule has 0 aliphatic rings. The van der Waals surface area contributed by atoms with Gasteiger partial charge in [-0.1, -0.05) is 35.3 Å². The third-order valence-electron chi connectivity index (χ3n) is 3.23. The molecule has 0 fully saturated rings. The summed E-state index contributed by atoms with van der Waals surface area (Å²) in [5, 5.41) is 12.8. The van der Waals surface area contributed by atoms with Gasteiger partial charge in [-0.2, -0.15) is 5.26 Å². The van der Waals surface area contributed by atoms with Crippen LogP contribution in [0.5, 0.6) is 5.75 Å². The number of carbonyl (C=O) groups is 1. The van der Waals surface area contributed by atoms with Crippen molar-refractivity contribution in [2.75, 3.05) is 12.4 Å². The quantitative estimate of drug-likeness (QED) is 0.625. The molecule has 1 N–H and O–H groups in total. The van der Waals surface area contributed by atoms with Gasteiger partial charge >= 0.3 is 0 Å². The predicted molar refractivity (Wildman–Crippen MR) is 96.4 cm³/mol. The largest absolute Gasteiger partial charge is 0.495 e. The lowest BCUT2D eigenvalue weighted by Crippen LogP contribution is -2.14. The Bertz CT molecular complexity index is 855. The Hall–Kier alpha value is -2.48. The molecular weight excluding hydrogens is 347 g/mol. The summed E-state index contributed by atoms with van der Waals surface area (Å²) < 4.78 is 5.21. The Morgan fingerprint density at radius 3 is 2.62 bits per heavy atom. The summed E-state index contributed by atoms with van der Waals surface area (Å²) in [4.78, 5) is 12.4. The van der Waals surface area contributed by atoms with E-state index in [4.69, 9.17) is 27.9 Å². The molecule has 0 saturated heterocycles. The molecule has 0 radical (unpaired) electrons. The topological polar surface area (TPSA) is 62.1 Å². The maximum atomic E-state index is 12.4. The second-order valence-corrected chi connectivity index (χ2v) is 5.84. The molecule has 24 heavy (non-hydrogen) atoms. The number of methoxy groups -OCH3 is 1. The molecule has 0 aromatic heterocycles. The smallest absolute Gasteiger partial charge is 0.266 e. The number of nitrogens with zero attached hydrogens (tertiary/aromatic N) is 1. The summed E-state index contributed by atoms with van der Waals surface area (Å²) >= 11 is 11.9. The second kappa shape index (κ2) is 7.87. The molecule has 0 aliphatic carbocycles. The van der Waals surface area contributed by atoms with E-state index in [1.807, 2.05) is 19.1 Å². The predicted octanol–water partition coefficient (Wildman–Crippen LogP) is 4.86. The molecule has 2 aromatic carbocycles. The number of aryl methyl sites for hydroxylation is 1. The fraction of sp³-hybridized carbons (Fsp3) is 0.111. The molecule has 2 aromatic rings. The van der Waals surface area contributed by atoms with E-state index in [1.54, 1.807) is 30.3 Å². The second-order valence-electron chi connectivity index (χ2n) is 4.99. The van der Waals surface area contributed by atoms with Crippen LogP contribution < -0.4 is 10.1 Å². The molecule has 1 amide bonds. The molecule has 0 aliphatic heterocycles. The third-order valence-corrected chi connectivity index (χ3v) is 3.79. The summed E-state index contributed by atoms with van der Waals surface area (Å²) in [7, 11) is 1.51. The van der Waals surface area contributed by atoms with Crippen molar-refractivity contribution in [3.05, 3.63) is 63.1 Å². The lowest BCUT2D eigenvalue weighted by Gasteiger charge is -2.10. The van der Waals surface area contributed by atoms with Crippen LogP contribution in [0.2, 0.25) is 10.0 Å². The van der Waals surface area contributed by atoms with Crippen molar-refractivity contribution in [1.82, 2.24) is 0 Å². The summed E-state index contributed by atoms with van der Waals surface area (Å²) in [5.74, 6) is -0.0387. The Morgan fingerprint density at radius 1 is 1.25 bits per heavy atom. The lowest BCUT2D eigenvalue weighted by molar-refractivity contribution is -0.112. The minimum absolute atomic E-state index is 0.0808. The highest BCUT2D eigenvalue weighted by Crippen LogP contribution is 2.27. The molecule has 0 bridgehead atoms. The molecule has 6 heteroatoms. The van der Waals surface area contributed by atoms with E-state index in [1.165, 1.54) is 13.2 Å². The van der Waals surface area contributed by atoms with Crippen molar-refractivity contribution in [3.8, 4) is 11.8 Å². The average molecular weight is 361 g/mol. The van der Waals surface area contributed by atoms with Crippen LogP contribution in [0.3, 0.4) is 0 Å². The zero-order valence-corrected chi connectivity index (χ0v) is 14.6. The van der Waals surface area contributed by atoms with Crippen LogP contribution in [0, 0.1) is 18.3 Å². The van der Waals surface area contributed by atoms with Crippen molar-refractivity contribution >= 4 is 40.9 Å². The Labute approximate surface area is 150 Å². The van der Waals surface area contributed by atoms with Gasteiger partial charge in [-0.3, -0.25) is 4.79 Å². The highest BCUT2D eigenvalue weighted by Gasteiger charge is 2.13.